The van der Waals surface area contributed by atoms with Gasteiger partial charge < -0.3 is 19.0 Å². The van der Waals surface area contributed by atoms with Crippen LogP contribution in [0.2, 0.25) is 0 Å². The molecule has 0 atom stereocenters. The van der Waals surface area contributed by atoms with Gasteiger partial charge in [0.2, 0.25) is 11.6 Å². The Morgan fingerprint density at radius 3 is 2.52 bits per heavy atom. The Labute approximate surface area is 182 Å². The lowest BCUT2D eigenvalue weighted by atomic mass is 10.0. The minimum absolute atomic E-state index is 0.0746. The van der Waals surface area contributed by atoms with Gasteiger partial charge in [-0.2, -0.15) is 0 Å². The van der Waals surface area contributed by atoms with E-state index in [2.05, 4.69) is 4.98 Å². The summed E-state index contributed by atoms with van der Waals surface area (Å²) in [5.74, 6) is 0.992. The van der Waals surface area contributed by atoms with Crippen molar-refractivity contribution in [3.05, 3.63) is 76.4 Å². The molecule has 3 aromatic rings. The highest BCUT2D eigenvalue weighted by atomic mass is 16.5. The monoisotopic (exact) mass is 421 g/mol. The summed E-state index contributed by atoms with van der Waals surface area (Å²) in [5.41, 5.74) is 4.50. The number of aryl methyl sites for hydroxylation is 1. The van der Waals surface area contributed by atoms with Crippen LogP contribution in [-0.4, -0.2) is 29.3 Å². The highest BCUT2D eigenvalue weighted by Gasteiger charge is 2.14. The Bertz CT molecular complexity index is 1080. The summed E-state index contributed by atoms with van der Waals surface area (Å²) in [6.45, 7) is 8.31. The third kappa shape index (κ3) is 5.34. The Hall–Kier alpha value is -3.54. The molecule has 0 saturated carbocycles. The fraction of sp³-hybridized carbons (Fsp3) is 0.280. The number of aliphatic carboxylic acids is 1. The number of carboxylic acid groups (broad SMARTS) is 1. The molecule has 1 heterocycles. The molecule has 0 unspecified atom stereocenters. The topological polar surface area (TPSA) is 81.8 Å². The van der Waals surface area contributed by atoms with Crippen molar-refractivity contribution in [2.24, 2.45) is 0 Å². The summed E-state index contributed by atoms with van der Waals surface area (Å²) in [6.07, 6.45) is 2.16. The van der Waals surface area contributed by atoms with Gasteiger partial charge in [-0.25, -0.2) is 9.78 Å². The van der Waals surface area contributed by atoms with Crippen LogP contribution in [0.5, 0.6) is 5.75 Å². The fourth-order valence-electron chi connectivity index (χ4n) is 3.21. The zero-order chi connectivity index (χ0) is 22.4. The standard InChI is InChI=1S/C25H27NO5/c1-5-29-23(25(27)28)15-20-11-12-22(17(3)16(20)2)30-14-13-21-18(4)31-24(26-21)19-9-7-6-8-10-19/h6-12,15H,5,13-14H2,1-4H3,(H,27,28)/b23-15-. The number of aromatic nitrogens is 1. The first-order valence-electron chi connectivity index (χ1n) is 10.2. The molecule has 2 aromatic carbocycles. The number of hydrogen-bond donors (Lipinski definition) is 1. The molecule has 0 bridgehead atoms. The minimum Gasteiger partial charge on any atom is -0.493 e. The smallest absolute Gasteiger partial charge is 0.371 e. The molecule has 0 radical (unpaired) electrons. The quantitative estimate of drug-likeness (QED) is 0.370. The van der Waals surface area contributed by atoms with Crippen LogP contribution in [0.4, 0.5) is 0 Å². The fourth-order valence-corrected chi connectivity index (χ4v) is 3.21. The van der Waals surface area contributed by atoms with Gasteiger partial charge in [-0.15, -0.1) is 0 Å². The van der Waals surface area contributed by atoms with E-state index in [1.807, 2.05) is 63.2 Å². The number of carbonyl (C=O) groups is 1. The lowest BCUT2D eigenvalue weighted by Gasteiger charge is -2.13. The lowest BCUT2D eigenvalue weighted by molar-refractivity contribution is -0.136. The molecule has 0 saturated heterocycles. The van der Waals surface area contributed by atoms with Gasteiger partial charge in [0.15, 0.2) is 0 Å². The predicted molar refractivity (Wildman–Crippen MR) is 119 cm³/mol. The molecule has 6 nitrogen and oxygen atoms in total. The molecule has 1 N–H and O–H groups in total. The van der Waals surface area contributed by atoms with E-state index in [-0.39, 0.29) is 5.76 Å². The Kier molecular flexibility index (Phi) is 7.13. The number of nitrogens with zero attached hydrogens (tertiary/aromatic N) is 1. The van der Waals surface area contributed by atoms with Crippen molar-refractivity contribution < 1.29 is 23.8 Å². The Morgan fingerprint density at radius 2 is 1.84 bits per heavy atom. The molecule has 0 aliphatic heterocycles. The van der Waals surface area contributed by atoms with Gasteiger partial charge in [0.25, 0.3) is 0 Å². The van der Waals surface area contributed by atoms with E-state index < -0.39 is 5.97 Å². The summed E-state index contributed by atoms with van der Waals surface area (Å²) in [4.78, 5) is 15.9. The van der Waals surface area contributed by atoms with Crippen molar-refractivity contribution in [2.45, 2.75) is 34.1 Å². The summed E-state index contributed by atoms with van der Waals surface area (Å²) in [5, 5.41) is 9.27. The first kappa shape index (κ1) is 22.2. The molecule has 0 amide bonds. The van der Waals surface area contributed by atoms with Gasteiger partial charge >= 0.3 is 5.97 Å². The third-order valence-electron chi connectivity index (χ3n) is 5.09. The van der Waals surface area contributed by atoms with Gasteiger partial charge in [-0.1, -0.05) is 24.3 Å². The van der Waals surface area contributed by atoms with Crippen LogP contribution in [0.1, 0.15) is 35.1 Å². The van der Waals surface area contributed by atoms with Gasteiger partial charge in [-0.3, -0.25) is 0 Å². The second-order valence-corrected chi connectivity index (χ2v) is 7.14. The lowest BCUT2D eigenvalue weighted by Crippen LogP contribution is -2.06. The number of benzene rings is 2. The average molecular weight is 421 g/mol. The van der Waals surface area contributed by atoms with Gasteiger partial charge in [-0.05, 0) is 68.7 Å². The van der Waals surface area contributed by atoms with Crippen LogP contribution in [0.15, 0.2) is 52.6 Å². The summed E-state index contributed by atoms with van der Waals surface area (Å²) in [6, 6.07) is 13.5. The molecular weight excluding hydrogens is 394 g/mol. The van der Waals surface area contributed by atoms with E-state index in [9.17, 15) is 9.90 Å². The third-order valence-corrected chi connectivity index (χ3v) is 5.09. The maximum absolute atomic E-state index is 11.3. The van der Waals surface area contributed by atoms with Crippen molar-refractivity contribution in [3.63, 3.8) is 0 Å². The SMILES string of the molecule is CCO/C(=C\c1ccc(OCCc2nc(-c3ccccc3)oc2C)c(C)c1C)C(=O)O. The van der Waals surface area contributed by atoms with Crippen molar-refractivity contribution in [1.29, 1.82) is 0 Å². The number of carboxylic acids is 1. The van der Waals surface area contributed by atoms with Crippen LogP contribution in [0, 0.1) is 20.8 Å². The molecule has 31 heavy (non-hydrogen) atoms. The van der Waals surface area contributed by atoms with E-state index in [4.69, 9.17) is 13.9 Å². The van der Waals surface area contributed by atoms with Crippen LogP contribution in [0.25, 0.3) is 17.5 Å². The molecule has 1 aromatic heterocycles. The van der Waals surface area contributed by atoms with E-state index in [0.717, 1.165) is 39.5 Å². The number of rotatable bonds is 9. The molecule has 0 aliphatic carbocycles. The van der Waals surface area contributed by atoms with Crippen LogP contribution >= 0.6 is 0 Å². The summed E-state index contributed by atoms with van der Waals surface area (Å²) >= 11 is 0. The zero-order valence-electron chi connectivity index (χ0n) is 18.3. The second-order valence-electron chi connectivity index (χ2n) is 7.14. The second kappa shape index (κ2) is 9.98. The Morgan fingerprint density at radius 1 is 1.10 bits per heavy atom. The number of hydrogen-bond acceptors (Lipinski definition) is 5. The van der Waals surface area contributed by atoms with Crippen molar-refractivity contribution in [1.82, 2.24) is 4.98 Å². The average Bonchev–Trinajstić information content (AvgIpc) is 3.13. The van der Waals surface area contributed by atoms with Crippen molar-refractivity contribution in [2.75, 3.05) is 13.2 Å². The molecule has 162 valence electrons. The van der Waals surface area contributed by atoms with Crippen molar-refractivity contribution >= 4 is 12.0 Å². The molecule has 0 fully saturated rings. The number of oxazole rings is 1. The van der Waals surface area contributed by atoms with Crippen LogP contribution in [-0.2, 0) is 16.0 Å². The first-order valence-corrected chi connectivity index (χ1v) is 10.2. The predicted octanol–water partition coefficient (Wildman–Crippen LogP) is 5.35. The number of ether oxygens (including phenoxy) is 2. The zero-order valence-corrected chi connectivity index (χ0v) is 18.3. The van der Waals surface area contributed by atoms with Crippen molar-refractivity contribution in [3.8, 4) is 17.2 Å². The van der Waals surface area contributed by atoms with Crippen LogP contribution < -0.4 is 4.74 Å². The van der Waals surface area contributed by atoms with Gasteiger partial charge in [0, 0.05) is 12.0 Å². The first-order chi connectivity index (χ1) is 14.9. The van der Waals surface area contributed by atoms with E-state index in [0.29, 0.717) is 25.5 Å². The maximum Gasteiger partial charge on any atom is 0.371 e. The normalized spacial score (nSPS) is 11.4. The maximum atomic E-state index is 11.3. The van der Waals surface area contributed by atoms with Gasteiger partial charge in [0.1, 0.15) is 11.5 Å². The highest BCUT2D eigenvalue weighted by molar-refractivity contribution is 5.90. The largest absolute Gasteiger partial charge is 0.493 e. The van der Waals surface area contributed by atoms with E-state index in [1.54, 1.807) is 13.0 Å². The van der Waals surface area contributed by atoms with Gasteiger partial charge in [0.05, 0.1) is 18.9 Å². The summed E-state index contributed by atoms with van der Waals surface area (Å²) < 4.78 is 17.0. The summed E-state index contributed by atoms with van der Waals surface area (Å²) in [7, 11) is 0. The minimum atomic E-state index is -1.09. The van der Waals surface area contributed by atoms with E-state index in [1.165, 1.54) is 0 Å². The molecule has 3 rings (SSSR count). The van der Waals surface area contributed by atoms with Crippen LogP contribution in [0.3, 0.4) is 0 Å². The molecule has 6 heteroatoms. The molecular formula is C25H27NO5. The molecule has 0 spiro atoms. The van der Waals surface area contributed by atoms with E-state index >= 15 is 0 Å². The molecule has 0 aliphatic rings. The highest BCUT2D eigenvalue weighted by Crippen LogP contribution is 2.27. The Balaban J connectivity index is 1.69.